The van der Waals surface area contributed by atoms with Crippen LogP contribution < -0.4 is 15.4 Å². The number of benzene rings is 2. The van der Waals surface area contributed by atoms with E-state index in [9.17, 15) is 0 Å². The van der Waals surface area contributed by atoms with Gasteiger partial charge < -0.3 is 19.9 Å². The number of halogens is 1. The second-order valence-electron chi connectivity index (χ2n) is 7.90. The Kier molecular flexibility index (Phi) is 11.2. The van der Waals surface area contributed by atoms with Crippen LogP contribution in [0.5, 0.6) is 5.75 Å². The molecule has 0 aliphatic rings. The number of hydrogen-bond donors (Lipinski definition) is 2. The van der Waals surface area contributed by atoms with Crippen LogP contribution in [-0.2, 0) is 20.0 Å². The van der Waals surface area contributed by atoms with Gasteiger partial charge in [0.1, 0.15) is 18.1 Å². The van der Waals surface area contributed by atoms with E-state index in [0.29, 0.717) is 6.54 Å². The molecule has 2 N–H and O–H groups in total. The lowest BCUT2D eigenvalue weighted by atomic mass is 10.1. The summed E-state index contributed by atoms with van der Waals surface area (Å²) in [6, 6.07) is 18.8. The SMILES string of the molecule is COc1ccc(CCCCNC(=NCc2nnc(C)n2C)NC(C)c2ccccc2)cc1.I. The van der Waals surface area contributed by atoms with Crippen molar-refractivity contribution in [3.8, 4) is 5.75 Å². The van der Waals surface area contributed by atoms with E-state index in [4.69, 9.17) is 9.73 Å². The monoisotopic (exact) mass is 562 g/mol. The van der Waals surface area contributed by atoms with E-state index in [-0.39, 0.29) is 30.0 Å². The lowest BCUT2D eigenvalue weighted by molar-refractivity contribution is 0.414. The molecular formula is C25H35IN6O. The lowest BCUT2D eigenvalue weighted by Crippen LogP contribution is -2.39. The van der Waals surface area contributed by atoms with Gasteiger partial charge in [-0.25, -0.2) is 4.99 Å². The number of rotatable bonds is 10. The molecule has 0 bridgehead atoms. The van der Waals surface area contributed by atoms with Gasteiger partial charge in [0.15, 0.2) is 11.8 Å². The summed E-state index contributed by atoms with van der Waals surface area (Å²) in [5.41, 5.74) is 2.55. The van der Waals surface area contributed by atoms with Gasteiger partial charge in [0.2, 0.25) is 0 Å². The van der Waals surface area contributed by atoms with Crippen LogP contribution in [0.1, 0.15) is 48.6 Å². The lowest BCUT2D eigenvalue weighted by Gasteiger charge is -2.19. The third-order valence-electron chi connectivity index (χ3n) is 5.56. The molecule has 178 valence electrons. The van der Waals surface area contributed by atoms with E-state index in [1.54, 1.807) is 7.11 Å². The van der Waals surface area contributed by atoms with Gasteiger partial charge in [-0.15, -0.1) is 34.2 Å². The number of unbranched alkanes of at least 4 members (excludes halogenated alkanes) is 1. The summed E-state index contributed by atoms with van der Waals surface area (Å²) in [6.07, 6.45) is 3.20. The smallest absolute Gasteiger partial charge is 0.192 e. The number of methoxy groups -OCH3 is 1. The van der Waals surface area contributed by atoms with Crippen LogP contribution in [0, 0.1) is 6.92 Å². The molecule has 0 aliphatic heterocycles. The topological polar surface area (TPSA) is 76.4 Å². The van der Waals surface area contributed by atoms with Crippen molar-refractivity contribution in [1.82, 2.24) is 25.4 Å². The minimum atomic E-state index is 0. The summed E-state index contributed by atoms with van der Waals surface area (Å²) in [6.45, 7) is 5.40. The van der Waals surface area contributed by atoms with Crippen LogP contribution >= 0.6 is 24.0 Å². The molecule has 1 aromatic heterocycles. The van der Waals surface area contributed by atoms with Gasteiger partial charge in [-0.1, -0.05) is 42.5 Å². The Labute approximate surface area is 214 Å². The molecule has 3 aromatic rings. The summed E-state index contributed by atoms with van der Waals surface area (Å²) in [4.78, 5) is 4.77. The molecule has 1 unspecified atom stereocenters. The van der Waals surface area contributed by atoms with Gasteiger partial charge in [-0.3, -0.25) is 0 Å². The predicted molar refractivity (Wildman–Crippen MR) is 144 cm³/mol. The first-order chi connectivity index (χ1) is 15.6. The molecule has 0 spiro atoms. The summed E-state index contributed by atoms with van der Waals surface area (Å²) in [7, 11) is 3.66. The van der Waals surface area contributed by atoms with Gasteiger partial charge in [0.05, 0.1) is 13.2 Å². The number of ether oxygens (including phenoxy) is 1. The largest absolute Gasteiger partial charge is 0.497 e. The van der Waals surface area contributed by atoms with Crippen LogP contribution in [0.25, 0.3) is 0 Å². The fourth-order valence-corrected chi connectivity index (χ4v) is 3.37. The summed E-state index contributed by atoms with van der Waals surface area (Å²) < 4.78 is 7.19. The van der Waals surface area contributed by atoms with Crippen LogP contribution in [0.15, 0.2) is 59.6 Å². The normalized spacial score (nSPS) is 12.1. The highest BCUT2D eigenvalue weighted by Crippen LogP contribution is 2.13. The van der Waals surface area contributed by atoms with Crippen molar-refractivity contribution in [2.75, 3.05) is 13.7 Å². The van der Waals surface area contributed by atoms with Crippen LogP contribution in [-0.4, -0.2) is 34.4 Å². The zero-order valence-corrected chi connectivity index (χ0v) is 22.2. The molecule has 7 nitrogen and oxygen atoms in total. The van der Waals surface area contributed by atoms with Crippen molar-refractivity contribution in [3.63, 3.8) is 0 Å². The average Bonchev–Trinajstić information content (AvgIpc) is 3.15. The Morgan fingerprint density at radius 1 is 1.06 bits per heavy atom. The fraction of sp³-hybridized carbons (Fsp3) is 0.400. The van der Waals surface area contributed by atoms with E-state index < -0.39 is 0 Å². The zero-order chi connectivity index (χ0) is 22.8. The maximum absolute atomic E-state index is 5.23. The maximum atomic E-state index is 5.23. The van der Waals surface area contributed by atoms with Crippen LogP contribution in [0.3, 0.4) is 0 Å². The van der Waals surface area contributed by atoms with Crippen molar-refractivity contribution < 1.29 is 4.74 Å². The molecule has 0 radical (unpaired) electrons. The Morgan fingerprint density at radius 2 is 1.79 bits per heavy atom. The van der Waals surface area contributed by atoms with Crippen molar-refractivity contribution in [2.24, 2.45) is 12.0 Å². The van der Waals surface area contributed by atoms with Crippen molar-refractivity contribution in [2.45, 2.75) is 45.7 Å². The Bertz CT molecular complexity index is 988. The highest BCUT2D eigenvalue weighted by atomic mass is 127. The highest BCUT2D eigenvalue weighted by Gasteiger charge is 2.09. The quantitative estimate of drug-likeness (QED) is 0.164. The molecule has 0 aliphatic carbocycles. The number of aliphatic imine (C=N–C) groups is 1. The van der Waals surface area contributed by atoms with E-state index in [1.807, 2.05) is 36.7 Å². The minimum Gasteiger partial charge on any atom is -0.497 e. The molecule has 0 saturated carbocycles. The third-order valence-corrected chi connectivity index (χ3v) is 5.56. The first-order valence-corrected chi connectivity index (χ1v) is 11.1. The Morgan fingerprint density at radius 3 is 2.42 bits per heavy atom. The van der Waals surface area contributed by atoms with Gasteiger partial charge in [-0.2, -0.15) is 0 Å². The molecule has 0 amide bonds. The van der Waals surface area contributed by atoms with E-state index >= 15 is 0 Å². The van der Waals surface area contributed by atoms with Crippen LogP contribution in [0.2, 0.25) is 0 Å². The second-order valence-corrected chi connectivity index (χ2v) is 7.90. The molecule has 0 fully saturated rings. The molecule has 2 aromatic carbocycles. The highest BCUT2D eigenvalue weighted by molar-refractivity contribution is 14.0. The van der Waals surface area contributed by atoms with Gasteiger partial charge in [-0.05, 0) is 56.4 Å². The third kappa shape index (κ3) is 8.34. The van der Waals surface area contributed by atoms with Crippen molar-refractivity contribution in [1.29, 1.82) is 0 Å². The molecule has 0 saturated heterocycles. The fourth-order valence-electron chi connectivity index (χ4n) is 3.37. The zero-order valence-electron chi connectivity index (χ0n) is 19.9. The molecule has 3 rings (SSSR count). The van der Waals surface area contributed by atoms with Crippen LogP contribution in [0.4, 0.5) is 0 Å². The van der Waals surface area contributed by atoms with E-state index in [1.165, 1.54) is 11.1 Å². The first-order valence-electron chi connectivity index (χ1n) is 11.1. The number of guanidine groups is 1. The van der Waals surface area contributed by atoms with E-state index in [2.05, 4.69) is 64.2 Å². The molecule has 1 atom stereocenters. The first kappa shape index (κ1) is 26.6. The van der Waals surface area contributed by atoms with Crippen molar-refractivity contribution in [3.05, 3.63) is 77.4 Å². The molecule has 33 heavy (non-hydrogen) atoms. The van der Waals surface area contributed by atoms with Gasteiger partial charge in [0, 0.05) is 13.6 Å². The second kappa shape index (κ2) is 13.8. The van der Waals surface area contributed by atoms with E-state index in [0.717, 1.165) is 49.2 Å². The molecule has 8 heteroatoms. The number of nitrogens with zero attached hydrogens (tertiary/aromatic N) is 4. The van der Waals surface area contributed by atoms with Crippen molar-refractivity contribution >= 4 is 29.9 Å². The maximum Gasteiger partial charge on any atom is 0.192 e. The Hall–Kier alpha value is -2.62. The molecule has 1 heterocycles. The Balaban J connectivity index is 0.00000385. The predicted octanol–water partition coefficient (Wildman–Crippen LogP) is 4.57. The van der Waals surface area contributed by atoms with Gasteiger partial charge in [0.25, 0.3) is 0 Å². The minimum absolute atomic E-state index is 0. The number of aromatic nitrogens is 3. The summed E-state index contributed by atoms with van der Waals surface area (Å²) >= 11 is 0. The number of aryl methyl sites for hydroxylation is 2. The summed E-state index contributed by atoms with van der Waals surface area (Å²) in [5, 5.41) is 15.3. The standard InChI is InChI=1S/C25H34N6O.HI/c1-19(22-11-6-5-7-12-22)28-25(27-18-24-30-29-20(2)31(24)3)26-17-9-8-10-21-13-15-23(32-4)16-14-21;/h5-7,11-16,19H,8-10,17-18H2,1-4H3,(H2,26,27,28);1H. The number of nitrogens with one attached hydrogen (secondary N) is 2. The molecular weight excluding hydrogens is 527 g/mol. The average molecular weight is 563 g/mol. The summed E-state index contributed by atoms with van der Waals surface area (Å²) in [5.74, 6) is 3.41. The number of hydrogen-bond acceptors (Lipinski definition) is 4. The van der Waals surface area contributed by atoms with Gasteiger partial charge >= 0.3 is 0 Å².